The molecule has 0 saturated carbocycles. The van der Waals surface area contributed by atoms with E-state index in [9.17, 15) is 5.11 Å². The number of likely N-dealkylation sites (tertiary alicyclic amines) is 1. The SMILES string of the molecule is CC(C)N1CCC2(CC1)Oc1ccccc1C1CC(c3ccccc3O)=NN12. The molecule has 146 valence electrons. The van der Waals surface area contributed by atoms with Crippen LogP contribution in [0.5, 0.6) is 11.5 Å². The fraction of sp³-hybridized carbons (Fsp3) is 0.435. The second-order valence-corrected chi connectivity index (χ2v) is 8.34. The Morgan fingerprint density at radius 3 is 2.54 bits per heavy atom. The van der Waals surface area contributed by atoms with Gasteiger partial charge in [0.25, 0.3) is 0 Å². The van der Waals surface area contributed by atoms with Gasteiger partial charge in [-0.15, -0.1) is 0 Å². The van der Waals surface area contributed by atoms with Gasteiger partial charge in [0, 0.05) is 49.5 Å². The van der Waals surface area contributed by atoms with Crippen molar-refractivity contribution in [2.75, 3.05) is 13.1 Å². The molecular formula is C23H27N3O2. The van der Waals surface area contributed by atoms with Gasteiger partial charge in [-0.3, -0.25) is 0 Å². The summed E-state index contributed by atoms with van der Waals surface area (Å²) in [4.78, 5) is 2.51. The van der Waals surface area contributed by atoms with Crippen LogP contribution in [0.1, 0.15) is 50.3 Å². The molecule has 0 bridgehead atoms. The van der Waals surface area contributed by atoms with Gasteiger partial charge in [0.2, 0.25) is 5.72 Å². The number of phenolic OH excluding ortho intramolecular Hbond substituents is 1. The number of hydrazone groups is 1. The van der Waals surface area contributed by atoms with Crippen LogP contribution >= 0.6 is 0 Å². The van der Waals surface area contributed by atoms with Crippen molar-refractivity contribution < 1.29 is 9.84 Å². The summed E-state index contributed by atoms with van der Waals surface area (Å²) in [5.74, 6) is 1.27. The Kier molecular flexibility index (Phi) is 4.09. The van der Waals surface area contributed by atoms with Crippen molar-refractivity contribution in [1.29, 1.82) is 0 Å². The van der Waals surface area contributed by atoms with Crippen LogP contribution < -0.4 is 4.74 Å². The van der Waals surface area contributed by atoms with Gasteiger partial charge in [0.1, 0.15) is 11.5 Å². The standard InChI is InChI=1S/C23H27N3O2/c1-16(2)25-13-11-23(12-14-25)26-20(18-8-4-6-10-22(18)28-23)15-19(24-26)17-7-3-5-9-21(17)27/h3-10,16,20,27H,11-15H2,1-2H3. The van der Waals surface area contributed by atoms with Crippen molar-refractivity contribution in [1.82, 2.24) is 9.91 Å². The highest BCUT2D eigenvalue weighted by Crippen LogP contribution is 2.50. The predicted molar refractivity (Wildman–Crippen MR) is 110 cm³/mol. The van der Waals surface area contributed by atoms with Gasteiger partial charge in [0.15, 0.2) is 0 Å². The van der Waals surface area contributed by atoms with E-state index >= 15 is 0 Å². The minimum absolute atomic E-state index is 0.158. The monoisotopic (exact) mass is 377 g/mol. The van der Waals surface area contributed by atoms with E-state index in [-0.39, 0.29) is 6.04 Å². The minimum Gasteiger partial charge on any atom is -0.507 e. The summed E-state index contributed by atoms with van der Waals surface area (Å²) >= 11 is 0. The van der Waals surface area contributed by atoms with Crippen molar-refractivity contribution in [2.45, 2.75) is 50.9 Å². The first-order valence-corrected chi connectivity index (χ1v) is 10.2. The molecule has 1 N–H and O–H groups in total. The number of piperidine rings is 1. The van der Waals surface area contributed by atoms with Crippen molar-refractivity contribution in [3.05, 3.63) is 59.7 Å². The lowest BCUT2D eigenvalue weighted by Crippen LogP contribution is -2.59. The number of ether oxygens (including phenoxy) is 1. The van der Waals surface area contributed by atoms with Gasteiger partial charge in [-0.2, -0.15) is 5.10 Å². The number of hydrogen-bond donors (Lipinski definition) is 1. The molecule has 3 heterocycles. The van der Waals surface area contributed by atoms with E-state index in [4.69, 9.17) is 9.84 Å². The summed E-state index contributed by atoms with van der Waals surface area (Å²) < 4.78 is 6.65. The van der Waals surface area contributed by atoms with Gasteiger partial charge in [-0.05, 0) is 32.0 Å². The zero-order chi connectivity index (χ0) is 19.3. The highest BCUT2D eigenvalue weighted by atomic mass is 16.5. The topological polar surface area (TPSA) is 48.3 Å². The van der Waals surface area contributed by atoms with Crippen LogP contribution in [0.2, 0.25) is 0 Å². The van der Waals surface area contributed by atoms with E-state index in [1.807, 2.05) is 24.3 Å². The average Bonchev–Trinajstić information content (AvgIpc) is 3.15. The zero-order valence-electron chi connectivity index (χ0n) is 16.5. The van der Waals surface area contributed by atoms with Crippen LogP contribution in [0.25, 0.3) is 0 Å². The lowest BCUT2D eigenvalue weighted by molar-refractivity contribution is -0.152. The van der Waals surface area contributed by atoms with Crippen LogP contribution in [0.15, 0.2) is 53.6 Å². The fourth-order valence-corrected chi connectivity index (χ4v) is 4.83. The molecule has 3 aliphatic heterocycles. The van der Waals surface area contributed by atoms with Crippen molar-refractivity contribution in [3.63, 3.8) is 0 Å². The molecule has 1 fully saturated rings. The maximum atomic E-state index is 10.4. The summed E-state index contributed by atoms with van der Waals surface area (Å²) in [7, 11) is 0. The van der Waals surface area contributed by atoms with Gasteiger partial charge < -0.3 is 14.7 Å². The van der Waals surface area contributed by atoms with Crippen molar-refractivity contribution in [2.24, 2.45) is 5.10 Å². The van der Waals surface area contributed by atoms with Gasteiger partial charge >= 0.3 is 0 Å². The molecule has 1 spiro atoms. The molecule has 1 saturated heterocycles. The van der Waals surface area contributed by atoms with E-state index in [1.165, 1.54) is 5.56 Å². The molecule has 2 aromatic rings. The maximum Gasteiger partial charge on any atom is 0.200 e. The molecule has 28 heavy (non-hydrogen) atoms. The Morgan fingerprint density at radius 2 is 1.79 bits per heavy atom. The van der Waals surface area contributed by atoms with Gasteiger partial charge in [0.05, 0.1) is 11.8 Å². The zero-order valence-corrected chi connectivity index (χ0v) is 16.5. The van der Waals surface area contributed by atoms with E-state index < -0.39 is 5.72 Å². The molecule has 1 atom stereocenters. The quantitative estimate of drug-likeness (QED) is 0.855. The Bertz CT molecular complexity index is 916. The van der Waals surface area contributed by atoms with Crippen LogP contribution in [0.4, 0.5) is 0 Å². The van der Waals surface area contributed by atoms with Crippen LogP contribution in [-0.2, 0) is 0 Å². The first-order valence-electron chi connectivity index (χ1n) is 10.2. The lowest BCUT2D eigenvalue weighted by Gasteiger charge is -2.51. The Hall–Kier alpha value is -2.53. The lowest BCUT2D eigenvalue weighted by atomic mass is 9.90. The van der Waals surface area contributed by atoms with Gasteiger partial charge in [-0.1, -0.05) is 30.3 Å². The molecule has 2 aromatic carbocycles. The summed E-state index contributed by atoms with van der Waals surface area (Å²) in [6.45, 7) is 6.51. The molecule has 5 nitrogen and oxygen atoms in total. The second kappa shape index (κ2) is 6.52. The van der Waals surface area contributed by atoms with Crippen molar-refractivity contribution in [3.8, 4) is 11.5 Å². The number of para-hydroxylation sites is 2. The molecule has 0 aliphatic carbocycles. The number of nitrogens with zero attached hydrogens (tertiary/aromatic N) is 3. The number of hydrogen-bond acceptors (Lipinski definition) is 5. The third kappa shape index (κ3) is 2.68. The Balaban J connectivity index is 1.55. The summed E-state index contributed by atoms with van der Waals surface area (Å²) in [6.07, 6.45) is 2.63. The number of fused-ring (bicyclic) bond motifs is 4. The van der Waals surface area contributed by atoms with E-state index in [0.29, 0.717) is 11.8 Å². The number of aromatic hydroxyl groups is 1. The maximum absolute atomic E-state index is 10.4. The smallest absolute Gasteiger partial charge is 0.200 e. The van der Waals surface area contributed by atoms with Crippen LogP contribution in [-0.4, -0.2) is 45.6 Å². The largest absolute Gasteiger partial charge is 0.507 e. The minimum atomic E-state index is -0.406. The predicted octanol–water partition coefficient (Wildman–Crippen LogP) is 4.14. The molecule has 0 amide bonds. The highest BCUT2D eigenvalue weighted by Gasteiger charge is 2.52. The number of phenols is 1. The van der Waals surface area contributed by atoms with E-state index in [1.54, 1.807) is 6.07 Å². The summed E-state index contributed by atoms with van der Waals surface area (Å²) in [5, 5.41) is 17.6. The average molecular weight is 377 g/mol. The first-order chi connectivity index (χ1) is 13.6. The molecule has 5 heteroatoms. The number of rotatable bonds is 2. The van der Waals surface area contributed by atoms with Crippen LogP contribution in [0, 0.1) is 0 Å². The van der Waals surface area contributed by atoms with E-state index in [0.717, 1.165) is 49.4 Å². The summed E-state index contributed by atoms with van der Waals surface area (Å²) in [6, 6.07) is 16.5. The molecule has 0 aromatic heterocycles. The molecule has 3 aliphatic rings. The van der Waals surface area contributed by atoms with E-state index in [2.05, 4.69) is 42.0 Å². The number of benzene rings is 2. The molecule has 0 radical (unpaired) electrons. The normalized spacial score (nSPS) is 23.3. The highest BCUT2D eigenvalue weighted by molar-refractivity contribution is 6.04. The van der Waals surface area contributed by atoms with Crippen LogP contribution in [0.3, 0.4) is 0 Å². The molecule has 1 unspecified atom stereocenters. The van der Waals surface area contributed by atoms with Gasteiger partial charge in [-0.25, -0.2) is 5.01 Å². The fourth-order valence-electron chi connectivity index (χ4n) is 4.83. The third-order valence-electron chi connectivity index (χ3n) is 6.43. The third-order valence-corrected chi connectivity index (χ3v) is 6.43. The Morgan fingerprint density at radius 1 is 1.07 bits per heavy atom. The van der Waals surface area contributed by atoms with Crippen molar-refractivity contribution >= 4 is 5.71 Å². The molecule has 5 rings (SSSR count). The second-order valence-electron chi connectivity index (χ2n) is 8.34. The molecular weight excluding hydrogens is 350 g/mol. The summed E-state index contributed by atoms with van der Waals surface area (Å²) in [5.41, 5.74) is 2.54. The first kappa shape index (κ1) is 17.6. The Labute approximate surface area is 166 Å².